The quantitative estimate of drug-likeness (QED) is 0.244. The van der Waals surface area contributed by atoms with Gasteiger partial charge in [-0.05, 0) is 24.6 Å². The minimum absolute atomic E-state index is 0.0357. The molecular formula is C21H23ClN7O2+. The number of nitrogens with zero attached hydrogens (tertiary/aromatic N) is 4. The molecule has 0 saturated heterocycles. The number of aromatic amines is 1. The number of nitrogens with two attached hydrogens (primary N) is 1. The molecule has 3 rings (SSSR count). The Labute approximate surface area is 184 Å². The highest BCUT2D eigenvalue weighted by Gasteiger charge is 2.18. The average Bonchev–Trinajstić information content (AvgIpc) is 2.69. The highest BCUT2D eigenvalue weighted by atomic mass is 35.5. The molecule has 1 aromatic carbocycles. The highest BCUT2D eigenvalue weighted by Crippen LogP contribution is 2.25. The van der Waals surface area contributed by atoms with Crippen molar-refractivity contribution in [1.29, 1.82) is 0 Å². The van der Waals surface area contributed by atoms with Crippen LogP contribution >= 0.6 is 11.6 Å². The molecule has 2 heterocycles. The smallest absolute Gasteiger partial charge is 0.279 e. The van der Waals surface area contributed by atoms with Crippen molar-refractivity contribution in [3.63, 3.8) is 0 Å². The zero-order chi connectivity index (χ0) is 22.8. The monoisotopic (exact) mass is 440 g/mol. The van der Waals surface area contributed by atoms with E-state index in [1.807, 2.05) is 27.7 Å². The third-order valence-corrected chi connectivity index (χ3v) is 4.72. The Morgan fingerprint density at radius 3 is 2.71 bits per heavy atom. The largest absolute Gasteiger partial charge is 0.512 e. The molecule has 0 bridgehead atoms. The van der Waals surface area contributed by atoms with Gasteiger partial charge in [0, 0.05) is 17.1 Å². The Morgan fingerprint density at radius 2 is 2.00 bits per heavy atom. The van der Waals surface area contributed by atoms with Crippen molar-refractivity contribution in [1.82, 2.24) is 15.0 Å². The van der Waals surface area contributed by atoms with Gasteiger partial charge in [0.05, 0.1) is 5.69 Å². The number of amidine groups is 1. The summed E-state index contributed by atoms with van der Waals surface area (Å²) in [5, 5.41) is 13.5. The topological polar surface area (TPSA) is 141 Å². The number of hydrogen-bond acceptors (Lipinski definition) is 6. The van der Waals surface area contributed by atoms with Gasteiger partial charge in [0.15, 0.2) is 10.7 Å². The van der Waals surface area contributed by atoms with E-state index >= 15 is 0 Å². The van der Waals surface area contributed by atoms with Gasteiger partial charge in [-0.2, -0.15) is 4.99 Å². The van der Waals surface area contributed by atoms with Crippen LogP contribution in [0.25, 0.3) is 11.0 Å². The highest BCUT2D eigenvalue weighted by molar-refractivity contribution is 6.33. The van der Waals surface area contributed by atoms with E-state index in [0.717, 1.165) is 5.56 Å². The Morgan fingerprint density at radius 1 is 1.26 bits per heavy atom. The average molecular weight is 441 g/mol. The molecule has 5 N–H and O–H groups in total. The van der Waals surface area contributed by atoms with Gasteiger partial charge in [0.2, 0.25) is 11.8 Å². The number of allylic oxidation sites excluding steroid dienone is 1. The van der Waals surface area contributed by atoms with Crippen LogP contribution in [0.2, 0.25) is 5.15 Å². The van der Waals surface area contributed by atoms with E-state index in [1.165, 1.54) is 18.7 Å². The molecule has 0 aliphatic heterocycles. The van der Waals surface area contributed by atoms with E-state index in [9.17, 15) is 9.90 Å². The predicted molar refractivity (Wildman–Crippen MR) is 119 cm³/mol. The first-order valence-electron chi connectivity index (χ1n) is 9.40. The maximum atomic E-state index is 12.6. The lowest BCUT2D eigenvalue weighted by molar-refractivity contribution is -0.363. The molecule has 0 atom stereocenters. The molecule has 9 nitrogen and oxygen atoms in total. The summed E-state index contributed by atoms with van der Waals surface area (Å²) in [6, 6.07) is 5.10. The summed E-state index contributed by atoms with van der Waals surface area (Å²) in [5.41, 5.74) is 8.13. The fraction of sp³-hybridized carbons (Fsp3) is 0.238. The molecule has 0 unspecified atom stereocenters. The number of aliphatic hydroxyl groups excluding tert-OH is 1. The van der Waals surface area contributed by atoms with Crippen LogP contribution in [0, 0.1) is 12.3 Å². The molecule has 0 aliphatic carbocycles. The molecule has 10 heteroatoms. The third-order valence-electron chi connectivity index (χ3n) is 4.44. The number of fused-ring (bicyclic) bond motifs is 1. The van der Waals surface area contributed by atoms with E-state index in [4.69, 9.17) is 17.3 Å². The Balaban J connectivity index is 1.92. The van der Waals surface area contributed by atoms with Gasteiger partial charge >= 0.3 is 0 Å². The number of anilines is 2. The van der Waals surface area contributed by atoms with Gasteiger partial charge < -0.3 is 10.8 Å². The summed E-state index contributed by atoms with van der Waals surface area (Å²) in [6.07, 6.45) is 4.10. The molecule has 160 valence electrons. The van der Waals surface area contributed by atoms with Crippen molar-refractivity contribution < 1.29 is 14.9 Å². The molecule has 0 fully saturated rings. The lowest BCUT2D eigenvalue weighted by Crippen LogP contribution is -2.17. The number of hydrogen-bond donors (Lipinski definition) is 3. The van der Waals surface area contributed by atoms with Gasteiger partial charge in [0.25, 0.3) is 11.7 Å². The fourth-order valence-corrected chi connectivity index (χ4v) is 2.76. The minimum atomic E-state index is -0.535. The molecule has 0 saturated carbocycles. The SMILES string of the molecule is Cc1ccc(C(=O)N=C(N)/C=C(\O)C(C)(C)C)cc1Nc1[nH+]cnc2c(Cl)ncnc12. The molecule has 0 spiro atoms. The summed E-state index contributed by atoms with van der Waals surface area (Å²) in [5.74, 6) is -0.0311. The number of aliphatic hydroxyl groups is 1. The maximum Gasteiger partial charge on any atom is 0.279 e. The molecule has 3 aromatic rings. The Bertz CT molecular complexity index is 1220. The number of rotatable bonds is 4. The Hall–Kier alpha value is -3.59. The fourth-order valence-electron chi connectivity index (χ4n) is 2.57. The number of benzene rings is 1. The minimum Gasteiger partial charge on any atom is -0.512 e. The standard InChI is InChI=1S/C21H22ClN7O2/c1-11-5-6-12(20(31)29-15(23)8-14(30)21(2,3)4)7-13(11)28-19-17-16(24-10-27-19)18(22)26-9-25-17/h5-10,30H,1-4H3,(H2,23,29,31)(H,24,27,28)/p+1/b14-8-. The normalized spacial score (nSPS) is 12.8. The van der Waals surface area contributed by atoms with E-state index in [-0.39, 0.29) is 16.7 Å². The van der Waals surface area contributed by atoms with Crippen LogP contribution in [-0.2, 0) is 0 Å². The molecule has 0 aliphatic rings. The number of carbonyl (C=O) groups excluding carboxylic acids is 1. The maximum absolute atomic E-state index is 12.6. The number of carbonyl (C=O) groups is 1. The van der Waals surface area contributed by atoms with Crippen LogP contribution in [0.1, 0.15) is 36.7 Å². The molecule has 1 amide bonds. The van der Waals surface area contributed by atoms with Crippen molar-refractivity contribution in [2.45, 2.75) is 27.7 Å². The lowest BCUT2D eigenvalue weighted by Gasteiger charge is -2.16. The zero-order valence-corrected chi connectivity index (χ0v) is 18.3. The predicted octanol–water partition coefficient (Wildman–Crippen LogP) is 3.53. The first-order chi connectivity index (χ1) is 14.6. The van der Waals surface area contributed by atoms with Crippen molar-refractivity contribution >= 4 is 45.9 Å². The van der Waals surface area contributed by atoms with Crippen LogP contribution in [-0.4, -0.2) is 31.8 Å². The van der Waals surface area contributed by atoms with Crippen LogP contribution in [0.15, 0.2) is 47.7 Å². The number of aromatic nitrogens is 4. The van der Waals surface area contributed by atoms with Gasteiger partial charge in [-0.15, -0.1) is 4.98 Å². The summed E-state index contributed by atoms with van der Waals surface area (Å²) in [6.45, 7) is 7.36. The summed E-state index contributed by atoms with van der Waals surface area (Å²) in [4.78, 5) is 31.8. The van der Waals surface area contributed by atoms with E-state index in [0.29, 0.717) is 28.1 Å². The number of H-pyrrole nitrogens is 1. The number of halogens is 1. The third kappa shape index (κ3) is 5.13. The number of amides is 1. The molecule has 31 heavy (non-hydrogen) atoms. The van der Waals surface area contributed by atoms with Gasteiger partial charge in [-0.25, -0.2) is 15.0 Å². The molecular weight excluding hydrogens is 418 g/mol. The number of aryl methyl sites for hydroxylation is 1. The summed E-state index contributed by atoms with van der Waals surface area (Å²) < 4.78 is 0. The van der Waals surface area contributed by atoms with E-state index in [2.05, 4.69) is 30.2 Å². The first-order valence-corrected chi connectivity index (χ1v) is 9.78. The summed E-state index contributed by atoms with van der Waals surface area (Å²) >= 11 is 6.09. The Kier molecular flexibility index (Phi) is 6.16. The van der Waals surface area contributed by atoms with Gasteiger partial charge in [-0.3, -0.25) is 10.1 Å². The zero-order valence-electron chi connectivity index (χ0n) is 17.6. The second-order valence-electron chi connectivity index (χ2n) is 7.92. The van der Waals surface area contributed by atoms with E-state index < -0.39 is 11.3 Å². The van der Waals surface area contributed by atoms with Crippen molar-refractivity contribution in [3.8, 4) is 0 Å². The van der Waals surface area contributed by atoms with E-state index in [1.54, 1.807) is 18.2 Å². The van der Waals surface area contributed by atoms with Gasteiger partial charge in [-0.1, -0.05) is 38.4 Å². The molecule has 0 radical (unpaired) electrons. The van der Waals surface area contributed by atoms with Gasteiger partial charge in [0.1, 0.15) is 17.9 Å². The van der Waals surface area contributed by atoms with Crippen LogP contribution in [0.4, 0.5) is 11.5 Å². The van der Waals surface area contributed by atoms with Crippen molar-refractivity contribution in [2.75, 3.05) is 5.32 Å². The van der Waals surface area contributed by atoms with Crippen molar-refractivity contribution in [2.24, 2.45) is 16.1 Å². The number of nitrogens with one attached hydrogen (secondary N) is 2. The van der Waals surface area contributed by atoms with Crippen LogP contribution in [0.3, 0.4) is 0 Å². The number of aliphatic imine (C=N–C) groups is 1. The van der Waals surface area contributed by atoms with Crippen molar-refractivity contribution in [3.05, 3.63) is 59.0 Å². The first kappa shape index (κ1) is 22.1. The second kappa shape index (κ2) is 8.65. The summed E-state index contributed by atoms with van der Waals surface area (Å²) in [7, 11) is 0. The molecule has 2 aromatic heterocycles. The van der Waals surface area contributed by atoms with Crippen LogP contribution in [0.5, 0.6) is 0 Å². The second-order valence-corrected chi connectivity index (χ2v) is 8.27. The van der Waals surface area contributed by atoms with Crippen LogP contribution < -0.4 is 16.0 Å². The lowest BCUT2D eigenvalue weighted by atomic mass is 9.93.